The summed E-state index contributed by atoms with van der Waals surface area (Å²) in [5.74, 6) is 1.23. The number of nitrogens with zero attached hydrogens (tertiary/aromatic N) is 1. The maximum atomic E-state index is 8.84. The Hall–Kier alpha value is -0.240. The highest BCUT2D eigenvalue weighted by atomic mass is 32.2. The van der Waals surface area contributed by atoms with Crippen LogP contribution in [0.5, 0.6) is 0 Å². The van der Waals surface area contributed by atoms with Crippen LogP contribution in [0.25, 0.3) is 0 Å². The molecule has 0 saturated carbocycles. The predicted octanol–water partition coefficient (Wildman–Crippen LogP) is 1.37. The van der Waals surface area contributed by atoms with Crippen LogP contribution in [-0.4, -0.2) is 28.3 Å². The molecule has 0 radical (unpaired) electrons. The minimum absolute atomic E-state index is 0.220. The molecule has 0 spiro atoms. The van der Waals surface area contributed by atoms with Crippen LogP contribution in [-0.2, 0) is 0 Å². The highest BCUT2D eigenvalue weighted by molar-refractivity contribution is 7.99. The van der Waals surface area contributed by atoms with Gasteiger partial charge in [0.05, 0.1) is 6.07 Å². The van der Waals surface area contributed by atoms with Crippen molar-refractivity contribution in [2.24, 2.45) is 11.7 Å². The average molecular weight is 216 g/mol. The lowest BCUT2D eigenvalue weighted by atomic mass is 10.00. The monoisotopic (exact) mass is 216 g/mol. The van der Waals surface area contributed by atoms with Gasteiger partial charge in [-0.05, 0) is 25.0 Å². The Balaban J connectivity index is 3.77. The van der Waals surface area contributed by atoms with Crippen molar-refractivity contribution in [1.29, 1.82) is 5.26 Å². The molecule has 0 aliphatic heterocycles. The molecule has 3 N–H and O–H groups in total. The van der Waals surface area contributed by atoms with E-state index in [-0.39, 0.29) is 6.61 Å². The Labute approximate surface area is 90.7 Å². The summed E-state index contributed by atoms with van der Waals surface area (Å²) in [7, 11) is 0. The molecule has 0 aromatic rings. The second-order valence-electron chi connectivity index (χ2n) is 4.17. The van der Waals surface area contributed by atoms with E-state index in [1.54, 1.807) is 18.7 Å². The molecule has 0 amide bonds. The molecular formula is C10H20N2OS. The molecule has 0 saturated heterocycles. The fraction of sp³-hybridized carbons (Fsp3) is 0.900. The van der Waals surface area contributed by atoms with Crippen LogP contribution >= 0.6 is 11.8 Å². The minimum Gasteiger partial charge on any atom is -0.396 e. The van der Waals surface area contributed by atoms with Gasteiger partial charge in [0.15, 0.2) is 0 Å². The summed E-state index contributed by atoms with van der Waals surface area (Å²) in [6, 6.07) is 2.09. The Morgan fingerprint density at radius 1 is 1.57 bits per heavy atom. The molecule has 0 heterocycles. The smallest absolute Gasteiger partial charge is 0.102 e. The molecule has 0 aliphatic rings. The lowest BCUT2D eigenvalue weighted by Crippen LogP contribution is -2.36. The summed E-state index contributed by atoms with van der Waals surface area (Å²) in [5, 5.41) is 17.9. The zero-order valence-corrected chi connectivity index (χ0v) is 9.97. The Morgan fingerprint density at radius 3 is 2.57 bits per heavy atom. The van der Waals surface area contributed by atoms with Gasteiger partial charge in [0.2, 0.25) is 0 Å². The highest BCUT2D eigenvalue weighted by Gasteiger charge is 2.21. The van der Waals surface area contributed by atoms with Gasteiger partial charge in [-0.25, -0.2) is 0 Å². The number of thioether (sulfide) groups is 1. The van der Waals surface area contributed by atoms with Crippen LogP contribution in [0, 0.1) is 17.2 Å². The van der Waals surface area contributed by atoms with Gasteiger partial charge in [-0.2, -0.15) is 17.0 Å². The summed E-state index contributed by atoms with van der Waals surface area (Å²) in [6.45, 7) is 6.04. The number of nitrogens with two attached hydrogens (primary N) is 1. The Kier molecular flexibility index (Phi) is 6.17. The summed E-state index contributed by atoms with van der Waals surface area (Å²) < 4.78 is 0. The molecule has 3 unspecified atom stereocenters. The van der Waals surface area contributed by atoms with E-state index in [1.807, 2.05) is 6.92 Å². The van der Waals surface area contributed by atoms with E-state index in [9.17, 15) is 0 Å². The highest BCUT2D eigenvalue weighted by Crippen LogP contribution is 2.21. The first-order valence-electron chi connectivity index (χ1n) is 4.84. The Morgan fingerprint density at radius 2 is 2.14 bits per heavy atom. The molecule has 0 aromatic heterocycles. The maximum Gasteiger partial charge on any atom is 0.102 e. The fourth-order valence-electron chi connectivity index (χ4n) is 1.08. The second kappa shape index (κ2) is 6.28. The summed E-state index contributed by atoms with van der Waals surface area (Å²) in [4.78, 5) is 0. The van der Waals surface area contributed by atoms with E-state index >= 15 is 0 Å². The van der Waals surface area contributed by atoms with Gasteiger partial charge in [-0.3, -0.25) is 0 Å². The van der Waals surface area contributed by atoms with Crippen molar-refractivity contribution in [3.8, 4) is 6.07 Å². The van der Waals surface area contributed by atoms with Crippen molar-refractivity contribution in [2.45, 2.75) is 38.0 Å². The van der Waals surface area contributed by atoms with Crippen molar-refractivity contribution >= 4 is 11.8 Å². The topological polar surface area (TPSA) is 70.0 Å². The van der Waals surface area contributed by atoms with Crippen LogP contribution in [0.4, 0.5) is 0 Å². The molecule has 0 aromatic carbocycles. The van der Waals surface area contributed by atoms with E-state index in [4.69, 9.17) is 16.1 Å². The van der Waals surface area contributed by atoms with Crippen molar-refractivity contribution in [3.05, 3.63) is 0 Å². The third-order valence-corrected chi connectivity index (χ3v) is 3.44. The van der Waals surface area contributed by atoms with Crippen molar-refractivity contribution in [3.63, 3.8) is 0 Å². The van der Waals surface area contributed by atoms with Gasteiger partial charge >= 0.3 is 0 Å². The first-order valence-corrected chi connectivity index (χ1v) is 5.88. The lowest BCUT2D eigenvalue weighted by Gasteiger charge is -2.21. The fourth-order valence-corrected chi connectivity index (χ4v) is 2.31. The van der Waals surface area contributed by atoms with Crippen LogP contribution < -0.4 is 5.73 Å². The summed E-state index contributed by atoms with van der Waals surface area (Å²) >= 11 is 1.76. The third-order valence-electron chi connectivity index (χ3n) is 1.94. The van der Waals surface area contributed by atoms with E-state index in [0.29, 0.717) is 17.6 Å². The number of hydrogen-bond donors (Lipinski definition) is 2. The van der Waals surface area contributed by atoms with Crippen LogP contribution in [0.3, 0.4) is 0 Å². The first-order chi connectivity index (χ1) is 6.41. The van der Waals surface area contributed by atoms with Gasteiger partial charge in [0.25, 0.3) is 0 Å². The van der Waals surface area contributed by atoms with Crippen molar-refractivity contribution in [2.75, 3.05) is 12.4 Å². The molecule has 0 bridgehead atoms. The number of rotatable bonds is 6. The van der Waals surface area contributed by atoms with Gasteiger partial charge in [0.1, 0.15) is 5.54 Å². The zero-order chi connectivity index (χ0) is 11.2. The molecule has 14 heavy (non-hydrogen) atoms. The Bertz CT molecular complexity index is 201. The van der Waals surface area contributed by atoms with E-state index in [1.165, 1.54) is 0 Å². The molecule has 82 valence electrons. The molecule has 0 rings (SSSR count). The van der Waals surface area contributed by atoms with Crippen molar-refractivity contribution in [1.82, 2.24) is 0 Å². The summed E-state index contributed by atoms with van der Waals surface area (Å²) in [6.07, 6.45) is 0.687. The van der Waals surface area contributed by atoms with E-state index < -0.39 is 5.54 Å². The van der Waals surface area contributed by atoms with Crippen molar-refractivity contribution < 1.29 is 5.11 Å². The van der Waals surface area contributed by atoms with Gasteiger partial charge in [-0.1, -0.05) is 13.8 Å². The molecule has 3 atom stereocenters. The largest absolute Gasteiger partial charge is 0.396 e. The maximum absolute atomic E-state index is 8.84. The molecule has 0 aliphatic carbocycles. The van der Waals surface area contributed by atoms with Gasteiger partial charge in [0, 0.05) is 11.9 Å². The standard InChI is InChI=1S/C10H20N2OS/c1-8(5-13)6-14-9(2)4-10(3,12)7-11/h8-9,13H,4-6,12H2,1-3H3. The summed E-state index contributed by atoms with van der Waals surface area (Å²) in [5.41, 5.74) is 5.00. The van der Waals surface area contributed by atoms with Crippen LogP contribution in [0.2, 0.25) is 0 Å². The predicted molar refractivity (Wildman–Crippen MR) is 61.0 cm³/mol. The van der Waals surface area contributed by atoms with Gasteiger partial charge < -0.3 is 10.8 Å². The van der Waals surface area contributed by atoms with Crippen LogP contribution in [0.1, 0.15) is 27.2 Å². The van der Waals surface area contributed by atoms with Crippen LogP contribution in [0.15, 0.2) is 0 Å². The number of hydrogen-bond acceptors (Lipinski definition) is 4. The number of nitriles is 1. The SMILES string of the molecule is CC(CO)CSC(C)CC(C)(N)C#N. The minimum atomic E-state index is -0.727. The molecule has 0 fully saturated rings. The lowest BCUT2D eigenvalue weighted by molar-refractivity contribution is 0.250. The third kappa shape index (κ3) is 6.25. The molecular weight excluding hydrogens is 196 g/mol. The van der Waals surface area contributed by atoms with Gasteiger partial charge in [-0.15, -0.1) is 0 Å². The normalized spacial score (nSPS) is 19.4. The average Bonchev–Trinajstić information content (AvgIpc) is 2.13. The quantitative estimate of drug-likeness (QED) is 0.703. The number of aliphatic hydroxyl groups excluding tert-OH is 1. The molecule has 4 heteroatoms. The first kappa shape index (κ1) is 13.8. The zero-order valence-electron chi connectivity index (χ0n) is 9.16. The van der Waals surface area contributed by atoms with E-state index in [2.05, 4.69) is 13.0 Å². The second-order valence-corrected chi connectivity index (χ2v) is 5.64. The number of aliphatic hydroxyl groups is 1. The molecule has 3 nitrogen and oxygen atoms in total. The van der Waals surface area contributed by atoms with E-state index in [0.717, 1.165) is 5.75 Å².